The van der Waals surface area contributed by atoms with Gasteiger partial charge >= 0.3 is 0 Å². The summed E-state index contributed by atoms with van der Waals surface area (Å²) < 4.78 is 5.48. The maximum absolute atomic E-state index is 5.48. The fourth-order valence-corrected chi connectivity index (χ4v) is 2.98. The molecule has 0 radical (unpaired) electrons. The first-order chi connectivity index (χ1) is 10.9. The zero-order valence-electron chi connectivity index (χ0n) is 16.5. The Morgan fingerprint density at radius 3 is 2.21 bits per heavy atom. The third kappa shape index (κ3) is 9.42. The molecular weight excluding hydrogens is 415 g/mol. The number of morpholine rings is 1. The molecule has 144 valence electrons. The molecule has 2 atom stereocenters. The third-order valence-corrected chi connectivity index (χ3v) is 4.55. The van der Waals surface area contributed by atoms with Gasteiger partial charge in [0.25, 0.3) is 0 Å². The molecule has 0 spiro atoms. The van der Waals surface area contributed by atoms with Crippen molar-refractivity contribution in [3.63, 3.8) is 0 Å². The fourth-order valence-electron chi connectivity index (χ4n) is 2.98. The van der Waals surface area contributed by atoms with Gasteiger partial charge in [-0.2, -0.15) is 0 Å². The Hall–Kier alpha value is -0.0800. The molecule has 0 aromatic rings. The number of nitrogens with zero attached hydrogens (tertiary/aromatic N) is 2. The average Bonchev–Trinajstić information content (AvgIpc) is 2.52. The Kier molecular flexibility index (Phi) is 13.1. The lowest BCUT2D eigenvalue weighted by atomic mass is 10.0. The third-order valence-electron chi connectivity index (χ3n) is 4.55. The van der Waals surface area contributed by atoms with E-state index in [1.807, 2.05) is 7.05 Å². The van der Waals surface area contributed by atoms with Crippen LogP contribution in [-0.2, 0) is 4.74 Å². The second-order valence-corrected chi connectivity index (χ2v) is 7.43. The van der Waals surface area contributed by atoms with Crippen LogP contribution in [0.5, 0.6) is 0 Å². The van der Waals surface area contributed by atoms with E-state index in [4.69, 9.17) is 4.74 Å². The smallest absolute Gasteiger partial charge is 0.191 e. The highest BCUT2D eigenvalue weighted by Crippen LogP contribution is 2.12. The summed E-state index contributed by atoms with van der Waals surface area (Å²) in [6.45, 7) is 16.1. The van der Waals surface area contributed by atoms with Crippen molar-refractivity contribution in [2.24, 2.45) is 16.8 Å². The molecular formula is C18H39IN4O. The summed E-state index contributed by atoms with van der Waals surface area (Å²) in [5.74, 6) is 2.28. The van der Waals surface area contributed by atoms with E-state index in [9.17, 15) is 0 Å². The normalized spacial score (nSPS) is 19.1. The minimum Gasteiger partial charge on any atom is -0.379 e. The van der Waals surface area contributed by atoms with Crippen molar-refractivity contribution in [3.05, 3.63) is 0 Å². The van der Waals surface area contributed by atoms with Gasteiger partial charge in [-0.25, -0.2) is 0 Å². The van der Waals surface area contributed by atoms with Gasteiger partial charge in [-0.1, -0.05) is 27.7 Å². The van der Waals surface area contributed by atoms with Gasteiger partial charge in [-0.05, 0) is 31.6 Å². The minimum absolute atomic E-state index is 0. The monoisotopic (exact) mass is 454 g/mol. The maximum Gasteiger partial charge on any atom is 0.191 e. The number of ether oxygens (including phenoxy) is 1. The van der Waals surface area contributed by atoms with Crippen LogP contribution in [0.3, 0.4) is 0 Å². The standard InChI is InChI=1S/C18H38N4O.HI/c1-14(2)7-8-16(5)21-18(19-6)20-13-17(15(3)4)22-9-11-23-12-10-22;/h14-17H,7-13H2,1-6H3,(H2,19,20,21);1H. The number of hydrogen-bond acceptors (Lipinski definition) is 3. The van der Waals surface area contributed by atoms with Crippen LogP contribution < -0.4 is 10.6 Å². The van der Waals surface area contributed by atoms with E-state index in [1.165, 1.54) is 12.8 Å². The van der Waals surface area contributed by atoms with E-state index in [0.29, 0.717) is 18.0 Å². The highest BCUT2D eigenvalue weighted by Gasteiger charge is 2.24. The van der Waals surface area contributed by atoms with E-state index < -0.39 is 0 Å². The predicted octanol–water partition coefficient (Wildman–Crippen LogP) is 2.95. The first-order valence-electron chi connectivity index (χ1n) is 9.23. The molecule has 24 heavy (non-hydrogen) atoms. The quantitative estimate of drug-likeness (QED) is 0.337. The minimum atomic E-state index is 0. The van der Waals surface area contributed by atoms with Crippen molar-refractivity contribution in [1.82, 2.24) is 15.5 Å². The molecule has 2 N–H and O–H groups in total. The largest absolute Gasteiger partial charge is 0.379 e. The zero-order valence-corrected chi connectivity index (χ0v) is 18.8. The Morgan fingerprint density at radius 1 is 1.08 bits per heavy atom. The second-order valence-electron chi connectivity index (χ2n) is 7.43. The van der Waals surface area contributed by atoms with Gasteiger partial charge in [-0.15, -0.1) is 24.0 Å². The van der Waals surface area contributed by atoms with E-state index in [1.54, 1.807) is 0 Å². The maximum atomic E-state index is 5.48. The average molecular weight is 454 g/mol. The Labute approximate surface area is 166 Å². The molecule has 1 aliphatic heterocycles. The molecule has 0 aromatic heterocycles. The number of guanidine groups is 1. The second kappa shape index (κ2) is 13.2. The van der Waals surface area contributed by atoms with Crippen LogP contribution in [0.25, 0.3) is 0 Å². The van der Waals surface area contributed by atoms with Gasteiger partial charge in [0.2, 0.25) is 0 Å². The molecule has 6 heteroatoms. The van der Waals surface area contributed by atoms with Gasteiger partial charge < -0.3 is 15.4 Å². The van der Waals surface area contributed by atoms with Crippen LogP contribution in [0.4, 0.5) is 0 Å². The fraction of sp³-hybridized carbons (Fsp3) is 0.944. The first kappa shape index (κ1) is 23.9. The van der Waals surface area contributed by atoms with E-state index in [-0.39, 0.29) is 24.0 Å². The van der Waals surface area contributed by atoms with Crippen LogP contribution in [0.15, 0.2) is 4.99 Å². The van der Waals surface area contributed by atoms with E-state index in [0.717, 1.165) is 44.7 Å². The lowest BCUT2D eigenvalue weighted by molar-refractivity contribution is 0.00751. The molecule has 1 saturated heterocycles. The summed E-state index contributed by atoms with van der Waals surface area (Å²) in [5, 5.41) is 7.04. The molecule has 0 amide bonds. The Balaban J connectivity index is 0.00000529. The summed E-state index contributed by atoms with van der Waals surface area (Å²) in [6.07, 6.45) is 2.42. The van der Waals surface area contributed by atoms with Crippen LogP contribution in [0.2, 0.25) is 0 Å². The lowest BCUT2D eigenvalue weighted by Crippen LogP contribution is -2.53. The summed E-state index contributed by atoms with van der Waals surface area (Å²) in [4.78, 5) is 6.92. The van der Waals surface area contributed by atoms with Crippen molar-refractivity contribution < 1.29 is 4.74 Å². The van der Waals surface area contributed by atoms with Crippen molar-refractivity contribution in [1.29, 1.82) is 0 Å². The Bertz CT molecular complexity index is 344. The molecule has 2 unspecified atom stereocenters. The van der Waals surface area contributed by atoms with Crippen molar-refractivity contribution in [3.8, 4) is 0 Å². The van der Waals surface area contributed by atoms with Gasteiger partial charge in [-0.3, -0.25) is 9.89 Å². The molecule has 0 saturated carbocycles. The lowest BCUT2D eigenvalue weighted by Gasteiger charge is -2.37. The van der Waals surface area contributed by atoms with Gasteiger partial charge in [0, 0.05) is 38.8 Å². The SMILES string of the molecule is CN=C(NCC(C(C)C)N1CCOCC1)NC(C)CCC(C)C.I. The summed E-state index contributed by atoms with van der Waals surface area (Å²) in [5.41, 5.74) is 0. The predicted molar refractivity (Wildman–Crippen MR) is 114 cm³/mol. The van der Waals surface area contributed by atoms with Crippen LogP contribution in [0, 0.1) is 11.8 Å². The molecule has 0 aliphatic carbocycles. The first-order valence-corrected chi connectivity index (χ1v) is 9.23. The van der Waals surface area contributed by atoms with E-state index >= 15 is 0 Å². The topological polar surface area (TPSA) is 48.9 Å². The molecule has 1 rings (SSSR count). The van der Waals surface area contributed by atoms with Crippen molar-refractivity contribution in [2.75, 3.05) is 39.9 Å². The van der Waals surface area contributed by atoms with Crippen molar-refractivity contribution >= 4 is 29.9 Å². The van der Waals surface area contributed by atoms with Gasteiger partial charge in [0.05, 0.1) is 13.2 Å². The molecule has 0 aromatic carbocycles. The zero-order chi connectivity index (χ0) is 17.2. The highest BCUT2D eigenvalue weighted by atomic mass is 127. The number of hydrogen-bond donors (Lipinski definition) is 2. The van der Waals surface area contributed by atoms with Crippen LogP contribution in [0.1, 0.15) is 47.5 Å². The van der Waals surface area contributed by atoms with Gasteiger partial charge in [0.1, 0.15) is 0 Å². The Morgan fingerprint density at radius 2 is 1.71 bits per heavy atom. The van der Waals surface area contributed by atoms with Gasteiger partial charge in [0.15, 0.2) is 5.96 Å². The molecule has 5 nitrogen and oxygen atoms in total. The van der Waals surface area contributed by atoms with Crippen LogP contribution in [-0.4, -0.2) is 62.8 Å². The summed E-state index contributed by atoms with van der Waals surface area (Å²) in [6, 6.07) is 0.966. The molecule has 0 bridgehead atoms. The molecule has 1 fully saturated rings. The summed E-state index contributed by atoms with van der Waals surface area (Å²) in [7, 11) is 1.85. The number of aliphatic imine (C=N–C) groups is 1. The number of rotatable bonds is 8. The van der Waals surface area contributed by atoms with Crippen molar-refractivity contribution in [2.45, 2.75) is 59.5 Å². The number of nitrogens with one attached hydrogen (secondary N) is 2. The van der Waals surface area contributed by atoms with E-state index in [2.05, 4.69) is 55.1 Å². The summed E-state index contributed by atoms with van der Waals surface area (Å²) >= 11 is 0. The highest BCUT2D eigenvalue weighted by molar-refractivity contribution is 14.0. The number of halogens is 1. The molecule has 1 heterocycles. The molecule has 1 aliphatic rings. The van der Waals surface area contributed by atoms with Crippen LogP contribution >= 0.6 is 24.0 Å².